The van der Waals surface area contributed by atoms with Gasteiger partial charge in [0, 0.05) is 32.2 Å². The molecule has 2 heterocycles. The fourth-order valence-electron chi connectivity index (χ4n) is 2.69. The van der Waals surface area contributed by atoms with Crippen LogP contribution in [0.2, 0.25) is 0 Å². The van der Waals surface area contributed by atoms with Crippen LogP contribution in [0.3, 0.4) is 0 Å². The standard InChI is InChI=1S/C17H19F2N5O/c1-2-23-7-9-24(10-8-23)16-6-5-15(21-22-16)17(25)20-14-4-3-12(18)11-13(14)19/h3-6,11H,2,7-10H2,1H3,(H,20,25). The summed E-state index contributed by atoms with van der Waals surface area (Å²) in [5, 5.41) is 10.4. The molecule has 0 spiro atoms. The summed E-state index contributed by atoms with van der Waals surface area (Å²) in [6.07, 6.45) is 0. The number of carbonyl (C=O) groups excluding carboxylic acids is 1. The van der Waals surface area contributed by atoms with Gasteiger partial charge in [0.15, 0.2) is 11.5 Å². The number of likely N-dealkylation sites (N-methyl/N-ethyl adjacent to an activating group) is 1. The van der Waals surface area contributed by atoms with E-state index in [0.29, 0.717) is 11.9 Å². The lowest BCUT2D eigenvalue weighted by Gasteiger charge is -2.34. The second kappa shape index (κ2) is 7.52. The zero-order chi connectivity index (χ0) is 17.8. The van der Waals surface area contributed by atoms with Crippen LogP contribution in [0.1, 0.15) is 17.4 Å². The maximum atomic E-state index is 13.6. The molecule has 1 saturated heterocycles. The molecule has 1 aliphatic rings. The average Bonchev–Trinajstić information content (AvgIpc) is 2.64. The highest BCUT2D eigenvalue weighted by Crippen LogP contribution is 2.17. The number of carbonyl (C=O) groups is 1. The van der Waals surface area contributed by atoms with E-state index in [-0.39, 0.29) is 11.4 Å². The van der Waals surface area contributed by atoms with Gasteiger partial charge in [0.1, 0.15) is 11.6 Å². The fourth-order valence-corrected chi connectivity index (χ4v) is 2.69. The summed E-state index contributed by atoms with van der Waals surface area (Å²) in [6, 6.07) is 6.22. The molecule has 0 unspecified atom stereocenters. The Bertz CT molecular complexity index is 745. The highest BCUT2D eigenvalue weighted by molar-refractivity contribution is 6.02. The largest absolute Gasteiger partial charge is 0.353 e. The molecule has 1 amide bonds. The van der Waals surface area contributed by atoms with Crippen molar-refractivity contribution in [1.29, 1.82) is 0 Å². The second-order valence-corrected chi connectivity index (χ2v) is 5.78. The van der Waals surface area contributed by atoms with Crippen LogP contribution in [-0.2, 0) is 0 Å². The predicted molar refractivity (Wildman–Crippen MR) is 90.7 cm³/mol. The Balaban J connectivity index is 1.64. The van der Waals surface area contributed by atoms with Crippen molar-refractivity contribution in [2.24, 2.45) is 0 Å². The Labute approximate surface area is 144 Å². The predicted octanol–water partition coefficient (Wildman–Crippen LogP) is 2.15. The molecule has 0 radical (unpaired) electrons. The highest BCUT2D eigenvalue weighted by atomic mass is 19.1. The first-order valence-electron chi connectivity index (χ1n) is 8.14. The number of halogens is 2. The van der Waals surface area contributed by atoms with E-state index in [1.54, 1.807) is 12.1 Å². The maximum absolute atomic E-state index is 13.6. The Kier molecular flexibility index (Phi) is 5.18. The Morgan fingerprint density at radius 3 is 2.48 bits per heavy atom. The van der Waals surface area contributed by atoms with Crippen molar-refractivity contribution in [3.05, 3.63) is 47.7 Å². The number of hydrogen-bond acceptors (Lipinski definition) is 5. The quantitative estimate of drug-likeness (QED) is 0.918. The molecule has 1 aromatic heterocycles. The minimum atomic E-state index is -0.841. The van der Waals surface area contributed by atoms with E-state index in [4.69, 9.17) is 0 Å². The van der Waals surface area contributed by atoms with E-state index in [9.17, 15) is 13.6 Å². The van der Waals surface area contributed by atoms with Crippen molar-refractivity contribution in [3.8, 4) is 0 Å². The Morgan fingerprint density at radius 2 is 1.88 bits per heavy atom. The first-order valence-corrected chi connectivity index (χ1v) is 8.14. The molecule has 25 heavy (non-hydrogen) atoms. The number of piperazine rings is 1. The molecule has 3 rings (SSSR count). The molecule has 0 bridgehead atoms. The Morgan fingerprint density at radius 1 is 1.12 bits per heavy atom. The number of aromatic nitrogens is 2. The van der Waals surface area contributed by atoms with Crippen LogP contribution < -0.4 is 10.2 Å². The minimum Gasteiger partial charge on any atom is -0.353 e. The molecule has 0 atom stereocenters. The molecule has 132 valence electrons. The third-order valence-corrected chi connectivity index (χ3v) is 4.21. The first kappa shape index (κ1) is 17.2. The van der Waals surface area contributed by atoms with Gasteiger partial charge >= 0.3 is 0 Å². The number of hydrogen-bond donors (Lipinski definition) is 1. The number of nitrogens with one attached hydrogen (secondary N) is 1. The highest BCUT2D eigenvalue weighted by Gasteiger charge is 2.18. The summed E-state index contributed by atoms with van der Waals surface area (Å²) in [5.41, 5.74) is -0.0346. The lowest BCUT2D eigenvalue weighted by atomic mass is 10.2. The molecule has 0 aliphatic carbocycles. The number of rotatable bonds is 4. The van der Waals surface area contributed by atoms with Crippen LogP contribution in [0.5, 0.6) is 0 Å². The molecule has 1 N–H and O–H groups in total. The zero-order valence-corrected chi connectivity index (χ0v) is 13.9. The normalized spacial score (nSPS) is 15.2. The maximum Gasteiger partial charge on any atom is 0.276 e. The molecule has 1 aromatic carbocycles. The van der Waals surface area contributed by atoms with Gasteiger partial charge in [-0.05, 0) is 30.8 Å². The average molecular weight is 347 g/mol. The molecular weight excluding hydrogens is 328 g/mol. The second-order valence-electron chi connectivity index (χ2n) is 5.78. The minimum absolute atomic E-state index is 0.0691. The van der Waals surface area contributed by atoms with Gasteiger partial charge in [0.05, 0.1) is 5.69 Å². The van der Waals surface area contributed by atoms with Gasteiger partial charge in [-0.15, -0.1) is 10.2 Å². The van der Waals surface area contributed by atoms with E-state index in [0.717, 1.165) is 44.9 Å². The molecular formula is C17H19F2N5O. The van der Waals surface area contributed by atoms with Crippen molar-refractivity contribution >= 4 is 17.4 Å². The van der Waals surface area contributed by atoms with Crippen LogP contribution in [0.25, 0.3) is 0 Å². The van der Waals surface area contributed by atoms with Gasteiger partial charge in [0.25, 0.3) is 5.91 Å². The van der Waals surface area contributed by atoms with Crippen molar-refractivity contribution in [1.82, 2.24) is 15.1 Å². The summed E-state index contributed by atoms with van der Waals surface area (Å²) in [7, 11) is 0. The van der Waals surface area contributed by atoms with Gasteiger partial charge in [-0.1, -0.05) is 6.92 Å². The molecule has 2 aromatic rings. The fraction of sp³-hybridized carbons (Fsp3) is 0.353. The third-order valence-electron chi connectivity index (χ3n) is 4.21. The van der Waals surface area contributed by atoms with Crippen LogP contribution >= 0.6 is 0 Å². The summed E-state index contributed by atoms with van der Waals surface area (Å²) < 4.78 is 26.5. The van der Waals surface area contributed by atoms with Gasteiger partial charge in [-0.2, -0.15) is 0 Å². The van der Waals surface area contributed by atoms with Gasteiger partial charge in [-0.25, -0.2) is 8.78 Å². The molecule has 0 saturated carbocycles. The van der Waals surface area contributed by atoms with E-state index < -0.39 is 17.5 Å². The summed E-state index contributed by atoms with van der Waals surface area (Å²) in [5.74, 6) is -1.44. The van der Waals surface area contributed by atoms with Crippen LogP contribution in [-0.4, -0.2) is 53.7 Å². The lowest BCUT2D eigenvalue weighted by molar-refractivity contribution is 0.102. The molecule has 6 nitrogen and oxygen atoms in total. The number of amides is 1. The first-order chi connectivity index (χ1) is 12.1. The summed E-state index contributed by atoms with van der Waals surface area (Å²) in [6.45, 7) is 6.80. The zero-order valence-electron chi connectivity index (χ0n) is 13.9. The van der Waals surface area contributed by atoms with Crippen LogP contribution in [0.15, 0.2) is 30.3 Å². The van der Waals surface area contributed by atoms with Crippen molar-refractivity contribution in [2.75, 3.05) is 42.9 Å². The van der Waals surface area contributed by atoms with E-state index in [1.807, 2.05) is 0 Å². The van der Waals surface area contributed by atoms with Gasteiger partial charge < -0.3 is 15.1 Å². The van der Waals surface area contributed by atoms with Crippen molar-refractivity contribution < 1.29 is 13.6 Å². The lowest BCUT2D eigenvalue weighted by Crippen LogP contribution is -2.46. The van der Waals surface area contributed by atoms with Crippen LogP contribution in [0, 0.1) is 11.6 Å². The molecule has 8 heteroatoms. The number of nitrogens with zero attached hydrogens (tertiary/aromatic N) is 4. The van der Waals surface area contributed by atoms with Gasteiger partial charge in [0.2, 0.25) is 0 Å². The summed E-state index contributed by atoms with van der Waals surface area (Å²) >= 11 is 0. The Hall–Kier alpha value is -2.61. The summed E-state index contributed by atoms with van der Waals surface area (Å²) in [4.78, 5) is 16.6. The molecule has 1 fully saturated rings. The van der Waals surface area contributed by atoms with Crippen LogP contribution in [0.4, 0.5) is 20.3 Å². The van der Waals surface area contributed by atoms with Gasteiger partial charge in [-0.3, -0.25) is 4.79 Å². The third kappa shape index (κ3) is 4.08. The van der Waals surface area contributed by atoms with E-state index >= 15 is 0 Å². The number of benzene rings is 1. The van der Waals surface area contributed by atoms with E-state index in [1.165, 1.54) is 0 Å². The monoisotopic (exact) mass is 347 g/mol. The SMILES string of the molecule is CCN1CCN(c2ccc(C(=O)Nc3ccc(F)cc3F)nn2)CC1. The van der Waals surface area contributed by atoms with Crippen molar-refractivity contribution in [2.45, 2.75) is 6.92 Å². The smallest absolute Gasteiger partial charge is 0.276 e. The molecule has 1 aliphatic heterocycles. The van der Waals surface area contributed by atoms with E-state index in [2.05, 4.69) is 32.2 Å². The number of anilines is 2. The topological polar surface area (TPSA) is 61.4 Å². The van der Waals surface area contributed by atoms with Crippen molar-refractivity contribution in [3.63, 3.8) is 0 Å².